The maximum absolute atomic E-state index is 5.22. The van der Waals surface area contributed by atoms with Gasteiger partial charge in [0.25, 0.3) is 0 Å². The highest BCUT2D eigenvalue weighted by Gasteiger charge is 2.04. The number of aromatic nitrogens is 2. The summed E-state index contributed by atoms with van der Waals surface area (Å²) >= 11 is 0. The quantitative estimate of drug-likeness (QED) is 0.723. The highest BCUT2D eigenvalue weighted by molar-refractivity contribution is 8.93. The van der Waals surface area contributed by atoms with Crippen LogP contribution < -0.4 is 4.74 Å². The third-order valence-electron chi connectivity index (χ3n) is 2.73. The number of fused-ring (bicyclic) bond motifs is 1. The van der Waals surface area contributed by atoms with Crippen LogP contribution in [0.4, 0.5) is 0 Å². The summed E-state index contributed by atoms with van der Waals surface area (Å²) in [6.07, 6.45) is 4.01. The van der Waals surface area contributed by atoms with Gasteiger partial charge in [-0.25, -0.2) is 4.98 Å². The van der Waals surface area contributed by atoms with Crippen molar-refractivity contribution >= 4 is 22.6 Å². The van der Waals surface area contributed by atoms with Crippen LogP contribution in [0.5, 0.6) is 5.75 Å². The minimum Gasteiger partial charge on any atom is -0.497 e. The number of nitrogens with zero attached hydrogens (tertiary/aromatic N) is 2. The Bertz CT molecular complexity index is 630. The summed E-state index contributed by atoms with van der Waals surface area (Å²) in [6.45, 7) is 0. The van der Waals surface area contributed by atoms with Crippen molar-refractivity contribution in [2.75, 3.05) is 7.11 Å². The van der Waals surface area contributed by atoms with Crippen molar-refractivity contribution in [3.05, 3.63) is 54.9 Å². The second-order valence-electron chi connectivity index (χ2n) is 3.82. The van der Waals surface area contributed by atoms with Crippen molar-refractivity contribution in [3.63, 3.8) is 0 Å². The third-order valence-corrected chi connectivity index (χ3v) is 2.73. The molecule has 0 aliphatic rings. The lowest BCUT2D eigenvalue weighted by molar-refractivity contribution is 0.415. The molecule has 18 heavy (non-hydrogen) atoms. The number of pyridine rings is 1. The van der Waals surface area contributed by atoms with Crippen molar-refractivity contribution in [1.29, 1.82) is 0 Å². The third kappa shape index (κ3) is 2.24. The summed E-state index contributed by atoms with van der Waals surface area (Å²) < 4.78 is 7.22. The zero-order valence-electron chi connectivity index (χ0n) is 9.91. The number of methoxy groups -OCH3 is 1. The number of hydrogen-bond acceptors (Lipinski definition) is 2. The van der Waals surface area contributed by atoms with Gasteiger partial charge in [-0.3, -0.25) is 0 Å². The molecule has 0 atom stereocenters. The van der Waals surface area contributed by atoms with Gasteiger partial charge < -0.3 is 9.14 Å². The summed E-state index contributed by atoms with van der Waals surface area (Å²) in [7, 11) is 1.67. The van der Waals surface area contributed by atoms with E-state index in [0.717, 1.165) is 22.7 Å². The van der Waals surface area contributed by atoms with Crippen LogP contribution in [-0.4, -0.2) is 16.5 Å². The monoisotopic (exact) mass is 304 g/mol. The number of ether oxygens (including phenoxy) is 1. The van der Waals surface area contributed by atoms with Crippen LogP contribution in [0.3, 0.4) is 0 Å². The number of hydrogen-bond donors (Lipinski definition) is 0. The second-order valence-corrected chi connectivity index (χ2v) is 3.82. The van der Waals surface area contributed by atoms with Gasteiger partial charge in [-0.1, -0.05) is 18.2 Å². The largest absolute Gasteiger partial charge is 0.497 e. The average Bonchev–Trinajstić information content (AvgIpc) is 2.82. The molecule has 0 saturated carbocycles. The SMILES string of the molecule is Br.COc1cccc(-c2cn3ccccc3n2)c1. The molecule has 0 saturated heterocycles. The molecule has 92 valence electrons. The first-order valence-electron chi connectivity index (χ1n) is 5.45. The minimum atomic E-state index is 0. The Morgan fingerprint density at radius 2 is 2.00 bits per heavy atom. The lowest BCUT2D eigenvalue weighted by Gasteiger charge is -2.00. The fourth-order valence-corrected chi connectivity index (χ4v) is 1.86. The van der Waals surface area contributed by atoms with E-state index in [1.807, 2.05) is 59.3 Å². The second kappa shape index (κ2) is 5.23. The maximum Gasteiger partial charge on any atom is 0.137 e. The molecule has 0 N–H and O–H groups in total. The summed E-state index contributed by atoms with van der Waals surface area (Å²) in [5.74, 6) is 0.847. The molecule has 0 spiro atoms. The van der Waals surface area contributed by atoms with Gasteiger partial charge in [-0.2, -0.15) is 0 Å². The molecule has 0 unspecified atom stereocenters. The van der Waals surface area contributed by atoms with E-state index in [-0.39, 0.29) is 17.0 Å². The van der Waals surface area contributed by atoms with E-state index in [2.05, 4.69) is 4.98 Å². The molecule has 3 nitrogen and oxygen atoms in total. The molecule has 0 fully saturated rings. The molecule has 2 heterocycles. The minimum absolute atomic E-state index is 0. The standard InChI is InChI=1S/C14H12N2O.BrH/c1-17-12-6-4-5-11(9-12)13-10-16-8-3-2-7-14(16)15-13;/h2-10H,1H3;1H. The van der Waals surface area contributed by atoms with Crippen LogP contribution in [0, 0.1) is 0 Å². The smallest absolute Gasteiger partial charge is 0.137 e. The van der Waals surface area contributed by atoms with Crippen molar-refractivity contribution in [2.45, 2.75) is 0 Å². The van der Waals surface area contributed by atoms with E-state index >= 15 is 0 Å². The van der Waals surface area contributed by atoms with Crippen molar-refractivity contribution in [2.24, 2.45) is 0 Å². The van der Waals surface area contributed by atoms with Crippen molar-refractivity contribution < 1.29 is 4.74 Å². The molecule has 0 radical (unpaired) electrons. The van der Waals surface area contributed by atoms with Gasteiger partial charge in [0.05, 0.1) is 12.8 Å². The topological polar surface area (TPSA) is 26.5 Å². The summed E-state index contributed by atoms with van der Waals surface area (Å²) in [5.41, 5.74) is 2.97. The van der Waals surface area contributed by atoms with Crippen molar-refractivity contribution in [1.82, 2.24) is 9.38 Å². The first kappa shape index (κ1) is 12.6. The van der Waals surface area contributed by atoms with Crippen LogP contribution in [0.15, 0.2) is 54.9 Å². The van der Waals surface area contributed by atoms with Gasteiger partial charge >= 0.3 is 0 Å². The average molecular weight is 305 g/mol. The lowest BCUT2D eigenvalue weighted by Crippen LogP contribution is -1.83. The first-order chi connectivity index (χ1) is 8.36. The first-order valence-corrected chi connectivity index (χ1v) is 5.45. The Hall–Kier alpha value is -1.81. The normalized spacial score (nSPS) is 10.1. The molecule has 4 heteroatoms. The fraction of sp³-hybridized carbons (Fsp3) is 0.0714. The molecule has 3 aromatic rings. The Morgan fingerprint density at radius 3 is 2.78 bits per heavy atom. The molecular formula is C14H13BrN2O. The molecule has 1 aromatic carbocycles. The van der Waals surface area contributed by atoms with Crippen LogP contribution in [0.25, 0.3) is 16.9 Å². The van der Waals surface area contributed by atoms with E-state index < -0.39 is 0 Å². The summed E-state index contributed by atoms with van der Waals surface area (Å²) in [6, 6.07) is 13.9. The van der Waals surface area contributed by atoms with Gasteiger partial charge in [0.2, 0.25) is 0 Å². The Morgan fingerprint density at radius 1 is 1.11 bits per heavy atom. The molecule has 0 amide bonds. The molecule has 0 aliphatic carbocycles. The van der Waals surface area contributed by atoms with Gasteiger partial charge in [-0.05, 0) is 24.3 Å². The molecule has 0 bridgehead atoms. The number of imidazole rings is 1. The highest BCUT2D eigenvalue weighted by Crippen LogP contribution is 2.23. The van der Waals surface area contributed by atoms with Crippen LogP contribution in [0.2, 0.25) is 0 Å². The highest BCUT2D eigenvalue weighted by atomic mass is 79.9. The predicted octanol–water partition coefficient (Wildman–Crippen LogP) is 3.59. The van der Waals surface area contributed by atoms with Gasteiger partial charge in [-0.15, -0.1) is 17.0 Å². The zero-order chi connectivity index (χ0) is 11.7. The summed E-state index contributed by atoms with van der Waals surface area (Å²) in [4.78, 5) is 4.57. The van der Waals surface area contributed by atoms with E-state index in [9.17, 15) is 0 Å². The number of halogens is 1. The molecule has 3 rings (SSSR count). The van der Waals surface area contributed by atoms with E-state index in [1.54, 1.807) is 7.11 Å². The molecular weight excluding hydrogens is 292 g/mol. The zero-order valence-corrected chi connectivity index (χ0v) is 11.6. The van der Waals surface area contributed by atoms with E-state index in [1.165, 1.54) is 0 Å². The van der Waals surface area contributed by atoms with Crippen LogP contribution in [0.1, 0.15) is 0 Å². The Kier molecular flexibility index (Phi) is 3.67. The fourth-order valence-electron chi connectivity index (χ4n) is 1.86. The van der Waals surface area contributed by atoms with Crippen LogP contribution in [-0.2, 0) is 0 Å². The van der Waals surface area contributed by atoms with Gasteiger partial charge in [0, 0.05) is 18.0 Å². The van der Waals surface area contributed by atoms with E-state index in [0.29, 0.717) is 0 Å². The lowest BCUT2D eigenvalue weighted by atomic mass is 10.1. The number of rotatable bonds is 2. The molecule has 2 aromatic heterocycles. The molecule has 0 aliphatic heterocycles. The Labute approximate surface area is 116 Å². The van der Waals surface area contributed by atoms with E-state index in [4.69, 9.17) is 4.74 Å². The Balaban J connectivity index is 0.00000120. The van der Waals surface area contributed by atoms with Crippen LogP contribution >= 0.6 is 17.0 Å². The maximum atomic E-state index is 5.22. The van der Waals surface area contributed by atoms with Gasteiger partial charge in [0.15, 0.2) is 0 Å². The predicted molar refractivity (Wildman–Crippen MR) is 77.5 cm³/mol. The van der Waals surface area contributed by atoms with Gasteiger partial charge in [0.1, 0.15) is 11.4 Å². The van der Waals surface area contributed by atoms with Crippen molar-refractivity contribution in [3.8, 4) is 17.0 Å². The number of benzene rings is 1. The summed E-state index contributed by atoms with van der Waals surface area (Å²) in [5, 5.41) is 0.